The quantitative estimate of drug-likeness (QED) is 0.810. The first-order chi connectivity index (χ1) is 10.5. The van der Waals surface area contributed by atoms with Crippen molar-refractivity contribution in [2.24, 2.45) is 16.7 Å². The number of ether oxygens (including phenoxy) is 2. The zero-order chi connectivity index (χ0) is 17.5. The number of nitrogens with one attached hydrogen (secondary N) is 1. The van der Waals surface area contributed by atoms with E-state index in [0.717, 1.165) is 6.42 Å². The van der Waals surface area contributed by atoms with Crippen molar-refractivity contribution in [3.63, 3.8) is 0 Å². The molecule has 2 fully saturated rings. The Balaban J connectivity index is 2.10. The van der Waals surface area contributed by atoms with Crippen LogP contribution >= 0.6 is 0 Å². The van der Waals surface area contributed by atoms with E-state index < -0.39 is 16.4 Å². The fourth-order valence-electron chi connectivity index (χ4n) is 3.67. The van der Waals surface area contributed by atoms with Crippen molar-refractivity contribution in [2.75, 3.05) is 13.2 Å². The lowest BCUT2D eigenvalue weighted by Gasteiger charge is -2.40. The van der Waals surface area contributed by atoms with E-state index in [-0.39, 0.29) is 23.8 Å². The molecule has 5 heteroatoms. The molecule has 1 aliphatic carbocycles. The van der Waals surface area contributed by atoms with Gasteiger partial charge in [-0.05, 0) is 52.4 Å². The van der Waals surface area contributed by atoms with Crippen molar-refractivity contribution < 1.29 is 19.1 Å². The van der Waals surface area contributed by atoms with E-state index in [2.05, 4.69) is 5.32 Å². The molecule has 1 N–H and O–H groups in total. The van der Waals surface area contributed by atoms with Gasteiger partial charge >= 0.3 is 5.97 Å². The third-order valence-corrected chi connectivity index (χ3v) is 5.67. The van der Waals surface area contributed by atoms with E-state index in [1.54, 1.807) is 0 Å². The molecule has 1 saturated carbocycles. The molecule has 0 aromatic rings. The van der Waals surface area contributed by atoms with Gasteiger partial charge in [0.15, 0.2) is 0 Å². The maximum atomic E-state index is 12.7. The minimum Gasteiger partial charge on any atom is -0.460 e. The molecular weight excluding hydrogens is 294 g/mol. The molecule has 5 nitrogen and oxygen atoms in total. The van der Waals surface area contributed by atoms with Crippen LogP contribution in [0.5, 0.6) is 0 Å². The largest absolute Gasteiger partial charge is 0.460 e. The van der Waals surface area contributed by atoms with Gasteiger partial charge in [-0.25, -0.2) is 0 Å². The summed E-state index contributed by atoms with van der Waals surface area (Å²) in [7, 11) is 0. The van der Waals surface area contributed by atoms with Gasteiger partial charge in [0, 0.05) is 12.5 Å². The third kappa shape index (κ3) is 3.54. The Labute approximate surface area is 139 Å². The highest BCUT2D eigenvalue weighted by Gasteiger charge is 2.59. The molecule has 0 bridgehead atoms. The van der Waals surface area contributed by atoms with Gasteiger partial charge in [0.1, 0.15) is 5.60 Å². The monoisotopic (exact) mass is 325 g/mol. The van der Waals surface area contributed by atoms with Gasteiger partial charge in [-0.3, -0.25) is 9.59 Å². The number of carbonyl (C=O) groups excluding carboxylic acids is 2. The second kappa shape index (κ2) is 6.08. The van der Waals surface area contributed by atoms with Crippen LogP contribution < -0.4 is 5.32 Å². The van der Waals surface area contributed by atoms with Crippen LogP contribution in [0.2, 0.25) is 0 Å². The first-order valence-corrected chi connectivity index (χ1v) is 8.59. The molecule has 1 heterocycles. The zero-order valence-electron chi connectivity index (χ0n) is 15.3. The Bertz CT molecular complexity index is 474. The zero-order valence-corrected chi connectivity index (χ0v) is 15.3. The molecular formula is C18H31NO4. The van der Waals surface area contributed by atoms with Crippen LogP contribution in [0.15, 0.2) is 0 Å². The lowest BCUT2D eigenvalue weighted by molar-refractivity contribution is -0.173. The summed E-state index contributed by atoms with van der Waals surface area (Å²) in [5, 5.41) is 3.09. The summed E-state index contributed by atoms with van der Waals surface area (Å²) in [6.45, 7) is 12.9. The number of esters is 1. The summed E-state index contributed by atoms with van der Waals surface area (Å²) in [5.41, 5.74) is -1.61. The Morgan fingerprint density at radius 2 is 1.83 bits per heavy atom. The van der Waals surface area contributed by atoms with Crippen LogP contribution in [-0.4, -0.2) is 36.7 Å². The van der Waals surface area contributed by atoms with Crippen LogP contribution in [0.3, 0.4) is 0 Å². The summed E-state index contributed by atoms with van der Waals surface area (Å²) in [4.78, 5) is 25.4. The number of carbonyl (C=O) groups is 2. The summed E-state index contributed by atoms with van der Waals surface area (Å²) < 4.78 is 10.9. The summed E-state index contributed by atoms with van der Waals surface area (Å²) in [6.07, 6.45) is 2.25. The highest BCUT2D eigenvalue weighted by atomic mass is 16.6. The minimum atomic E-state index is -0.644. The van der Waals surface area contributed by atoms with Gasteiger partial charge in [0.25, 0.3) is 0 Å². The Morgan fingerprint density at radius 3 is 2.35 bits per heavy atom. The molecule has 0 spiro atoms. The molecule has 1 saturated heterocycles. The summed E-state index contributed by atoms with van der Waals surface area (Å²) >= 11 is 0. The Morgan fingerprint density at radius 1 is 1.17 bits per heavy atom. The number of hydrogen-bond donors (Lipinski definition) is 1. The molecule has 1 unspecified atom stereocenters. The van der Waals surface area contributed by atoms with E-state index in [9.17, 15) is 9.59 Å². The van der Waals surface area contributed by atoms with E-state index in [1.165, 1.54) is 0 Å². The molecule has 3 atom stereocenters. The average Bonchev–Trinajstić information content (AvgIpc) is 2.96. The van der Waals surface area contributed by atoms with Gasteiger partial charge in [-0.15, -0.1) is 0 Å². The second-order valence-corrected chi connectivity index (χ2v) is 8.72. The average molecular weight is 325 g/mol. The number of amides is 1. The molecule has 2 rings (SSSR count). The van der Waals surface area contributed by atoms with Gasteiger partial charge in [0.05, 0.1) is 18.1 Å². The first kappa shape index (κ1) is 18.2. The van der Waals surface area contributed by atoms with Gasteiger partial charge in [-0.1, -0.05) is 13.8 Å². The van der Waals surface area contributed by atoms with Crippen molar-refractivity contribution >= 4 is 11.9 Å². The highest BCUT2D eigenvalue weighted by Crippen LogP contribution is 2.56. The lowest BCUT2D eigenvalue weighted by atomic mass is 9.65. The fourth-order valence-corrected chi connectivity index (χ4v) is 3.67. The topological polar surface area (TPSA) is 64.6 Å². The first-order valence-electron chi connectivity index (χ1n) is 8.59. The van der Waals surface area contributed by atoms with Crippen LogP contribution in [-0.2, 0) is 19.1 Å². The van der Waals surface area contributed by atoms with Crippen molar-refractivity contribution in [2.45, 2.75) is 72.4 Å². The van der Waals surface area contributed by atoms with Gasteiger partial charge in [-0.2, -0.15) is 0 Å². The number of rotatable bonds is 3. The van der Waals surface area contributed by atoms with E-state index in [0.29, 0.717) is 26.1 Å². The van der Waals surface area contributed by atoms with Crippen molar-refractivity contribution in [1.82, 2.24) is 5.32 Å². The smallest absolute Gasteiger partial charge is 0.312 e. The second-order valence-electron chi connectivity index (χ2n) is 8.72. The molecule has 1 aliphatic heterocycles. The van der Waals surface area contributed by atoms with E-state index in [4.69, 9.17) is 9.47 Å². The van der Waals surface area contributed by atoms with Crippen LogP contribution in [0.25, 0.3) is 0 Å². The lowest BCUT2D eigenvalue weighted by Crippen LogP contribution is -2.49. The molecule has 0 radical (unpaired) electrons. The van der Waals surface area contributed by atoms with Crippen LogP contribution in [0.1, 0.15) is 60.8 Å². The standard InChI is InChI=1S/C18H31NO4/c1-16(2,3)23-15(21)18(6)9-7-13(17(18,4)5)14(20)19-12-8-10-22-11-12/h12-13H,7-11H2,1-6H3,(H,19,20)/t12?,13-,18+/m1/s1. The van der Waals surface area contributed by atoms with Gasteiger partial charge in [0.2, 0.25) is 5.91 Å². The SMILES string of the molecule is CC(C)(C)OC(=O)[C@]1(C)CC[C@H](C(=O)NC2CCOC2)C1(C)C. The third-order valence-electron chi connectivity index (χ3n) is 5.67. The van der Waals surface area contributed by atoms with E-state index >= 15 is 0 Å². The van der Waals surface area contributed by atoms with Crippen molar-refractivity contribution in [3.05, 3.63) is 0 Å². The predicted molar refractivity (Wildman–Crippen MR) is 87.8 cm³/mol. The van der Waals surface area contributed by atoms with Crippen molar-refractivity contribution in [3.8, 4) is 0 Å². The molecule has 23 heavy (non-hydrogen) atoms. The normalized spacial score (nSPS) is 33.5. The summed E-state index contributed by atoms with van der Waals surface area (Å²) in [5.74, 6) is -0.340. The van der Waals surface area contributed by atoms with Gasteiger partial charge < -0.3 is 14.8 Å². The minimum absolute atomic E-state index is 0.0396. The van der Waals surface area contributed by atoms with Crippen LogP contribution in [0.4, 0.5) is 0 Å². The maximum absolute atomic E-state index is 12.7. The highest BCUT2D eigenvalue weighted by molar-refractivity contribution is 5.85. The molecule has 2 aliphatic rings. The Kier molecular flexibility index (Phi) is 4.82. The molecule has 0 aromatic heterocycles. The van der Waals surface area contributed by atoms with Crippen molar-refractivity contribution in [1.29, 1.82) is 0 Å². The van der Waals surface area contributed by atoms with Crippen LogP contribution in [0, 0.1) is 16.7 Å². The Hall–Kier alpha value is -1.10. The fraction of sp³-hybridized carbons (Fsp3) is 0.889. The molecule has 0 aromatic carbocycles. The van der Waals surface area contributed by atoms with E-state index in [1.807, 2.05) is 41.5 Å². The maximum Gasteiger partial charge on any atom is 0.312 e. The molecule has 1 amide bonds. The molecule has 132 valence electrons. The predicted octanol–water partition coefficient (Wildman–Crippen LogP) is 2.68. The number of hydrogen-bond acceptors (Lipinski definition) is 4. The summed E-state index contributed by atoms with van der Waals surface area (Å²) in [6, 6.07) is 0.103.